The van der Waals surface area contributed by atoms with Gasteiger partial charge in [0.2, 0.25) is 0 Å². The lowest BCUT2D eigenvalue weighted by Gasteiger charge is -2.14. The molecular formula is C21H20N2O7. The highest BCUT2D eigenvalue weighted by atomic mass is 16.4. The Morgan fingerprint density at radius 1 is 0.933 bits per heavy atom. The lowest BCUT2D eigenvalue weighted by molar-refractivity contribution is -0.159. The number of hydrogen-bond donors (Lipinski definition) is 5. The van der Waals surface area contributed by atoms with Crippen molar-refractivity contribution in [3.63, 3.8) is 0 Å². The Hall–Kier alpha value is -4.14. The highest BCUT2D eigenvalue weighted by Gasteiger charge is 2.22. The molecule has 1 atom stereocenters. The zero-order chi connectivity index (χ0) is 22.3. The quantitative estimate of drug-likeness (QED) is 0.401. The maximum atomic E-state index is 12.3. The van der Waals surface area contributed by atoms with Gasteiger partial charge in [0.25, 0.3) is 5.91 Å². The Morgan fingerprint density at radius 3 is 2.10 bits per heavy atom. The highest BCUT2D eigenvalue weighted by molar-refractivity contribution is 6.27. The minimum absolute atomic E-state index is 0.219. The van der Waals surface area contributed by atoms with Gasteiger partial charge in [0, 0.05) is 29.1 Å². The minimum Gasteiger partial charge on any atom is -0.480 e. The molecular weight excluding hydrogens is 392 g/mol. The number of carboxylic acids is 3. The van der Waals surface area contributed by atoms with Crippen LogP contribution in [0, 0.1) is 6.92 Å². The molecule has 3 aromatic rings. The number of carbonyl (C=O) groups is 4. The Bertz CT molecular complexity index is 1060. The summed E-state index contributed by atoms with van der Waals surface area (Å²) in [4.78, 5) is 45.2. The smallest absolute Gasteiger partial charge is 0.414 e. The van der Waals surface area contributed by atoms with Gasteiger partial charge in [-0.25, -0.2) is 14.4 Å². The van der Waals surface area contributed by atoms with E-state index >= 15 is 0 Å². The monoisotopic (exact) mass is 412 g/mol. The molecule has 9 heteroatoms. The van der Waals surface area contributed by atoms with E-state index in [1.807, 2.05) is 43.3 Å². The largest absolute Gasteiger partial charge is 0.480 e. The fourth-order valence-electron chi connectivity index (χ4n) is 2.67. The van der Waals surface area contributed by atoms with Gasteiger partial charge in [0.1, 0.15) is 6.04 Å². The summed E-state index contributed by atoms with van der Waals surface area (Å²) < 4.78 is 0. The van der Waals surface area contributed by atoms with Crippen LogP contribution in [0.4, 0.5) is 0 Å². The summed E-state index contributed by atoms with van der Waals surface area (Å²) >= 11 is 0. The summed E-state index contributed by atoms with van der Waals surface area (Å²) in [6, 6.07) is 13.7. The Labute approximate surface area is 171 Å². The first-order chi connectivity index (χ1) is 14.2. The first kappa shape index (κ1) is 22.2. The van der Waals surface area contributed by atoms with Crippen LogP contribution in [0.3, 0.4) is 0 Å². The Balaban J connectivity index is 0.000000469. The normalized spacial score (nSPS) is 11.1. The molecule has 9 nitrogen and oxygen atoms in total. The maximum absolute atomic E-state index is 12.3. The number of carbonyl (C=O) groups excluding carboxylic acids is 1. The molecule has 1 heterocycles. The predicted molar refractivity (Wildman–Crippen MR) is 107 cm³/mol. The maximum Gasteiger partial charge on any atom is 0.414 e. The van der Waals surface area contributed by atoms with E-state index in [1.54, 1.807) is 18.3 Å². The number of aliphatic carboxylic acids is 3. The standard InChI is InChI=1S/C19H18N2O3.C2H2O4/c1-12-6-8-13(9-7-12)18(22)21-17(19(23)24)10-14-11-20-16-5-3-2-4-15(14)16;3-1(4)2(5)6/h2-9,11,17,20H,10H2,1H3,(H,21,22)(H,23,24);(H,3,4)(H,5,6)/t17-;/m0./s1. The molecule has 30 heavy (non-hydrogen) atoms. The van der Waals surface area contributed by atoms with Crippen molar-refractivity contribution >= 4 is 34.7 Å². The van der Waals surface area contributed by atoms with Crippen molar-refractivity contribution < 1.29 is 34.5 Å². The molecule has 0 aliphatic rings. The number of amides is 1. The van der Waals surface area contributed by atoms with E-state index in [4.69, 9.17) is 19.8 Å². The average molecular weight is 412 g/mol. The number of fused-ring (bicyclic) bond motifs is 1. The van der Waals surface area contributed by atoms with Gasteiger partial charge in [0.05, 0.1) is 0 Å². The Morgan fingerprint density at radius 2 is 1.53 bits per heavy atom. The summed E-state index contributed by atoms with van der Waals surface area (Å²) in [5.41, 5.74) is 3.30. The van der Waals surface area contributed by atoms with Gasteiger partial charge in [-0.2, -0.15) is 0 Å². The Kier molecular flexibility index (Phi) is 7.29. The number of aryl methyl sites for hydroxylation is 1. The van der Waals surface area contributed by atoms with E-state index in [2.05, 4.69) is 10.3 Å². The SMILES string of the molecule is Cc1ccc(C(=O)N[C@@H](Cc2c[nH]c3ccccc23)C(=O)O)cc1.O=C(O)C(=O)O. The van der Waals surface area contributed by atoms with Crippen LogP contribution < -0.4 is 5.32 Å². The van der Waals surface area contributed by atoms with Crippen LogP contribution in [0.1, 0.15) is 21.5 Å². The van der Waals surface area contributed by atoms with E-state index in [0.29, 0.717) is 5.56 Å². The third kappa shape index (κ3) is 5.93. The van der Waals surface area contributed by atoms with Gasteiger partial charge in [-0.1, -0.05) is 35.9 Å². The number of H-pyrrole nitrogens is 1. The molecule has 0 bridgehead atoms. The van der Waals surface area contributed by atoms with Crippen molar-refractivity contribution in [1.29, 1.82) is 0 Å². The van der Waals surface area contributed by atoms with Crippen LogP contribution in [0.5, 0.6) is 0 Å². The zero-order valence-corrected chi connectivity index (χ0v) is 16.0. The van der Waals surface area contributed by atoms with Gasteiger partial charge in [-0.15, -0.1) is 0 Å². The van der Waals surface area contributed by atoms with Gasteiger partial charge >= 0.3 is 17.9 Å². The van der Waals surface area contributed by atoms with E-state index in [-0.39, 0.29) is 12.3 Å². The number of carboxylic acid groups (broad SMARTS) is 3. The van der Waals surface area contributed by atoms with Crippen LogP contribution in [-0.4, -0.2) is 50.2 Å². The number of benzene rings is 2. The molecule has 0 fully saturated rings. The zero-order valence-electron chi connectivity index (χ0n) is 16.0. The molecule has 0 saturated heterocycles. The summed E-state index contributed by atoms with van der Waals surface area (Å²) in [5, 5.41) is 27.8. The van der Waals surface area contributed by atoms with Gasteiger partial charge in [-0.3, -0.25) is 4.79 Å². The molecule has 0 unspecified atom stereocenters. The second kappa shape index (κ2) is 9.87. The molecule has 0 saturated carbocycles. The van der Waals surface area contributed by atoms with Crippen molar-refractivity contribution in [1.82, 2.24) is 10.3 Å². The van der Waals surface area contributed by atoms with E-state index in [0.717, 1.165) is 22.0 Å². The van der Waals surface area contributed by atoms with Crippen LogP contribution in [0.25, 0.3) is 10.9 Å². The molecule has 1 aromatic heterocycles. The van der Waals surface area contributed by atoms with Crippen molar-refractivity contribution in [2.45, 2.75) is 19.4 Å². The highest BCUT2D eigenvalue weighted by Crippen LogP contribution is 2.19. The van der Waals surface area contributed by atoms with Crippen molar-refractivity contribution in [3.8, 4) is 0 Å². The molecule has 0 radical (unpaired) electrons. The molecule has 2 aromatic carbocycles. The van der Waals surface area contributed by atoms with Crippen LogP contribution >= 0.6 is 0 Å². The number of aromatic amines is 1. The predicted octanol–water partition coefficient (Wildman–Crippen LogP) is 2.06. The number of para-hydroxylation sites is 1. The van der Waals surface area contributed by atoms with E-state index < -0.39 is 23.9 Å². The molecule has 5 N–H and O–H groups in total. The molecule has 0 aliphatic heterocycles. The van der Waals surface area contributed by atoms with Gasteiger partial charge < -0.3 is 25.6 Å². The van der Waals surface area contributed by atoms with E-state index in [1.165, 1.54) is 0 Å². The molecule has 1 amide bonds. The topological polar surface area (TPSA) is 157 Å². The number of aromatic nitrogens is 1. The summed E-state index contributed by atoms with van der Waals surface area (Å²) in [6.07, 6.45) is 2.01. The average Bonchev–Trinajstić information content (AvgIpc) is 3.11. The molecule has 0 aliphatic carbocycles. The van der Waals surface area contributed by atoms with Crippen molar-refractivity contribution in [3.05, 3.63) is 71.4 Å². The first-order valence-corrected chi connectivity index (χ1v) is 8.80. The summed E-state index contributed by atoms with van der Waals surface area (Å²) in [5.74, 6) is -5.09. The number of rotatable bonds is 5. The third-order valence-corrected chi connectivity index (χ3v) is 4.20. The molecule has 3 rings (SSSR count). The fourth-order valence-corrected chi connectivity index (χ4v) is 2.67. The summed E-state index contributed by atoms with van der Waals surface area (Å²) in [6.45, 7) is 1.93. The van der Waals surface area contributed by atoms with Crippen LogP contribution in [0.15, 0.2) is 54.7 Å². The third-order valence-electron chi connectivity index (χ3n) is 4.20. The second-order valence-corrected chi connectivity index (χ2v) is 6.40. The second-order valence-electron chi connectivity index (χ2n) is 6.40. The van der Waals surface area contributed by atoms with Gasteiger partial charge in [0.15, 0.2) is 0 Å². The number of nitrogens with one attached hydrogen (secondary N) is 2. The molecule has 156 valence electrons. The van der Waals surface area contributed by atoms with Crippen LogP contribution in [0.2, 0.25) is 0 Å². The number of hydrogen-bond acceptors (Lipinski definition) is 4. The van der Waals surface area contributed by atoms with Crippen LogP contribution in [-0.2, 0) is 20.8 Å². The fraction of sp³-hybridized carbons (Fsp3) is 0.143. The lowest BCUT2D eigenvalue weighted by Crippen LogP contribution is -2.42. The summed E-state index contributed by atoms with van der Waals surface area (Å²) in [7, 11) is 0. The van der Waals surface area contributed by atoms with Crippen molar-refractivity contribution in [2.75, 3.05) is 0 Å². The lowest BCUT2D eigenvalue weighted by atomic mass is 10.0. The van der Waals surface area contributed by atoms with Gasteiger partial charge in [-0.05, 0) is 30.7 Å². The van der Waals surface area contributed by atoms with E-state index in [9.17, 15) is 14.7 Å². The van der Waals surface area contributed by atoms with Crippen molar-refractivity contribution in [2.24, 2.45) is 0 Å². The molecule has 0 spiro atoms. The first-order valence-electron chi connectivity index (χ1n) is 8.80. The minimum atomic E-state index is -1.82.